The van der Waals surface area contributed by atoms with Gasteiger partial charge in [0.25, 0.3) is 0 Å². The normalized spacial score (nSPS) is 13.1. The molecule has 10 rings (SSSR count). The number of furan rings is 1. The van der Waals surface area contributed by atoms with E-state index < -0.39 is 0 Å². The highest BCUT2D eigenvalue weighted by Gasteiger charge is 2.37. The van der Waals surface area contributed by atoms with Crippen LogP contribution < -0.4 is 9.80 Å². The Labute approximate surface area is 316 Å². The first-order valence-corrected chi connectivity index (χ1v) is 18.6. The second-order valence-electron chi connectivity index (χ2n) is 14.6. The number of benzene rings is 8. The van der Waals surface area contributed by atoms with Crippen LogP contribution in [0.15, 0.2) is 199 Å². The van der Waals surface area contributed by atoms with Crippen LogP contribution in [0.4, 0.5) is 34.1 Å². The lowest BCUT2D eigenvalue weighted by Crippen LogP contribution is -2.31. The van der Waals surface area contributed by atoms with Crippen LogP contribution in [-0.2, 0) is 5.41 Å². The van der Waals surface area contributed by atoms with Crippen LogP contribution in [0.5, 0.6) is 0 Å². The molecule has 1 aromatic heterocycles. The van der Waals surface area contributed by atoms with Gasteiger partial charge in [0.1, 0.15) is 11.2 Å². The number of para-hydroxylation sites is 2. The summed E-state index contributed by atoms with van der Waals surface area (Å²) in [5.74, 6) is 0. The van der Waals surface area contributed by atoms with Crippen molar-refractivity contribution in [1.82, 2.24) is 0 Å². The lowest BCUT2D eigenvalue weighted by atomic mass is 9.73. The van der Waals surface area contributed by atoms with Crippen molar-refractivity contribution in [2.45, 2.75) is 19.3 Å². The fraction of sp³-hybridized carbons (Fsp3) is 0.0588. The molecule has 0 radical (unpaired) electrons. The smallest absolute Gasteiger partial charge is 0.137 e. The summed E-state index contributed by atoms with van der Waals surface area (Å²) in [6, 6.07) is 69.7. The molecular weight excluding hydrogens is 657 g/mol. The molecule has 0 saturated heterocycles. The van der Waals surface area contributed by atoms with Crippen LogP contribution in [0.2, 0.25) is 0 Å². The van der Waals surface area contributed by atoms with E-state index in [1.807, 2.05) is 12.1 Å². The first kappa shape index (κ1) is 31.9. The van der Waals surface area contributed by atoms with Gasteiger partial charge in [0.2, 0.25) is 0 Å². The van der Waals surface area contributed by atoms with Crippen molar-refractivity contribution in [3.63, 3.8) is 0 Å². The maximum atomic E-state index is 6.39. The molecule has 54 heavy (non-hydrogen) atoms. The van der Waals surface area contributed by atoms with Gasteiger partial charge in [-0.1, -0.05) is 135 Å². The summed E-state index contributed by atoms with van der Waals surface area (Å²) in [4.78, 5) is 4.78. The third-order valence-electron chi connectivity index (χ3n) is 11.1. The lowest BCUT2D eigenvalue weighted by Gasteiger charge is -2.42. The van der Waals surface area contributed by atoms with E-state index in [0.29, 0.717) is 0 Å². The van der Waals surface area contributed by atoms with Gasteiger partial charge in [-0.05, 0) is 100 Å². The van der Waals surface area contributed by atoms with Crippen LogP contribution in [0.1, 0.15) is 25.0 Å². The Hall–Kier alpha value is -6.84. The van der Waals surface area contributed by atoms with Crippen molar-refractivity contribution in [2.24, 2.45) is 0 Å². The van der Waals surface area contributed by atoms with Gasteiger partial charge in [-0.25, -0.2) is 0 Å². The number of nitrogens with zero attached hydrogens (tertiary/aromatic N) is 2. The zero-order valence-corrected chi connectivity index (χ0v) is 30.3. The first-order chi connectivity index (χ1) is 26.5. The quantitative estimate of drug-likeness (QED) is 0.173. The fourth-order valence-corrected chi connectivity index (χ4v) is 8.28. The average molecular weight is 695 g/mol. The van der Waals surface area contributed by atoms with Crippen molar-refractivity contribution in [2.75, 3.05) is 9.80 Å². The molecule has 0 unspecified atom stereocenters. The minimum absolute atomic E-state index is 0.262. The number of hydrogen-bond donors (Lipinski definition) is 0. The maximum Gasteiger partial charge on any atom is 0.137 e. The van der Waals surface area contributed by atoms with Crippen molar-refractivity contribution in [3.05, 3.63) is 205 Å². The molecule has 0 N–H and O–H groups in total. The molecular formula is C51H38N2O. The molecule has 1 aliphatic heterocycles. The molecule has 3 heteroatoms. The molecule has 8 aromatic carbocycles. The lowest BCUT2D eigenvalue weighted by molar-refractivity contribution is 0.632. The van der Waals surface area contributed by atoms with Gasteiger partial charge in [-0.15, -0.1) is 0 Å². The van der Waals surface area contributed by atoms with E-state index in [1.165, 1.54) is 39.1 Å². The van der Waals surface area contributed by atoms with Crippen molar-refractivity contribution < 1.29 is 4.42 Å². The van der Waals surface area contributed by atoms with Crippen LogP contribution in [0, 0.1) is 0 Å². The molecule has 0 saturated carbocycles. The van der Waals surface area contributed by atoms with Crippen LogP contribution in [0.25, 0.3) is 44.2 Å². The van der Waals surface area contributed by atoms with Gasteiger partial charge in [0.15, 0.2) is 0 Å². The van der Waals surface area contributed by atoms with Gasteiger partial charge in [-0.3, -0.25) is 0 Å². The fourth-order valence-electron chi connectivity index (χ4n) is 8.28. The van der Waals surface area contributed by atoms with Gasteiger partial charge in [-0.2, -0.15) is 0 Å². The molecule has 0 bridgehead atoms. The van der Waals surface area contributed by atoms with E-state index >= 15 is 0 Å². The molecule has 0 aliphatic carbocycles. The molecule has 9 aromatic rings. The summed E-state index contributed by atoms with van der Waals surface area (Å²) in [6.45, 7) is 4.70. The van der Waals surface area contributed by atoms with Crippen molar-refractivity contribution >= 4 is 56.1 Å². The first-order valence-electron chi connectivity index (χ1n) is 18.6. The van der Waals surface area contributed by atoms with E-state index in [1.54, 1.807) is 0 Å². The second kappa shape index (κ2) is 12.7. The number of rotatable bonds is 6. The highest BCUT2D eigenvalue weighted by Crippen LogP contribution is 2.53. The topological polar surface area (TPSA) is 19.6 Å². The SMILES string of the molecule is CC1(C)c2ccccc2N(c2ccc3c(c2)oc2ccccc23)c2ccc(N(c3ccc(-c4ccccc4)cc3)c3ccc(-c4ccccc4)cc3)cc21. The predicted octanol–water partition coefficient (Wildman–Crippen LogP) is 14.5. The van der Waals surface area contributed by atoms with E-state index in [0.717, 1.165) is 50.4 Å². The van der Waals surface area contributed by atoms with E-state index in [-0.39, 0.29) is 5.41 Å². The monoisotopic (exact) mass is 694 g/mol. The molecule has 0 amide bonds. The van der Waals surface area contributed by atoms with Crippen molar-refractivity contribution in [3.8, 4) is 22.3 Å². The average Bonchev–Trinajstić information content (AvgIpc) is 3.60. The Bertz CT molecular complexity index is 2700. The Kier molecular flexibility index (Phi) is 7.48. The van der Waals surface area contributed by atoms with Gasteiger partial charge < -0.3 is 14.2 Å². The molecule has 0 fully saturated rings. The molecule has 0 atom stereocenters. The number of fused-ring (bicyclic) bond motifs is 5. The number of hydrogen-bond acceptors (Lipinski definition) is 3. The van der Waals surface area contributed by atoms with Crippen LogP contribution in [0.3, 0.4) is 0 Å². The minimum atomic E-state index is -0.262. The standard InChI is InChI=1S/C51H38N2O/c1-51(2)45-18-10-11-19-47(45)53(42-29-31-44-43-17-9-12-20-49(43)54-50(44)34-42)48-32-30-41(33-46(48)51)52(39-25-21-37(22-26-39)35-13-5-3-6-14-35)40-27-23-38(24-28-40)36-15-7-4-8-16-36/h3-34H,1-2H3. The highest BCUT2D eigenvalue weighted by atomic mass is 16.3. The predicted molar refractivity (Wildman–Crippen MR) is 226 cm³/mol. The van der Waals surface area contributed by atoms with Gasteiger partial charge in [0, 0.05) is 45.0 Å². The van der Waals surface area contributed by atoms with Crippen LogP contribution in [-0.4, -0.2) is 0 Å². The summed E-state index contributed by atoms with van der Waals surface area (Å²) < 4.78 is 6.39. The van der Waals surface area contributed by atoms with E-state index in [9.17, 15) is 0 Å². The highest BCUT2D eigenvalue weighted by molar-refractivity contribution is 6.06. The molecule has 1 aliphatic rings. The summed E-state index contributed by atoms with van der Waals surface area (Å²) >= 11 is 0. The third kappa shape index (κ3) is 5.28. The largest absolute Gasteiger partial charge is 0.456 e. The summed E-state index contributed by atoms with van der Waals surface area (Å²) in [5.41, 5.74) is 15.6. The van der Waals surface area contributed by atoms with Gasteiger partial charge in [0.05, 0.1) is 11.4 Å². The van der Waals surface area contributed by atoms with E-state index in [2.05, 4.69) is 206 Å². The maximum absolute atomic E-state index is 6.39. The molecule has 0 spiro atoms. The molecule has 2 heterocycles. The Morgan fingerprint density at radius 1 is 0.407 bits per heavy atom. The molecule has 258 valence electrons. The van der Waals surface area contributed by atoms with E-state index in [4.69, 9.17) is 4.42 Å². The number of anilines is 6. The Morgan fingerprint density at radius 2 is 0.926 bits per heavy atom. The van der Waals surface area contributed by atoms with Gasteiger partial charge >= 0.3 is 0 Å². The second-order valence-corrected chi connectivity index (χ2v) is 14.6. The zero-order valence-electron chi connectivity index (χ0n) is 30.3. The molecule has 3 nitrogen and oxygen atoms in total. The summed E-state index contributed by atoms with van der Waals surface area (Å²) in [6.07, 6.45) is 0. The Balaban J connectivity index is 1.12. The summed E-state index contributed by atoms with van der Waals surface area (Å²) in [5, 5.41) is 2.26. The van der Waals surface area contributed by atoms with Crippen molar-refractivity contribution in [1.29, 1.82) is 0 Å². The van der Waals surface area contributed by atoms with Crippen LogP contribution >= 0.6 is 0 Å². The minimum Gasteiger partial charge on any atom is -0.456 e. The summed E-state index contributed by atoms with van der Waals surface area (Å²) in [7, 11) is 0. The third-order valence-corrected chi connectivity index (χ3v) is 11.1. The Morgan fingerprint density at radius 3 is 1.59 bits per heavy atom. The zero-order chi connectivity index (χ0) is 36.2.